The summed E-state index contributed by atoms with van der Waals surface area (Å²) in [6.45, 7) is 4.15. The minimum absolute atomic E-state index is 0. The van der Waals surface area contributed by atoms with E-state index in [1.807, 2.05) is 0 Å². The van der Waals surface area contributed by atoms with Gasteiger partial charge in [-0.1, -0.05) is 29.8 Å². The maximum atomic E-state index is 12.7. The number of allylic oxidation sites excluding steroid dienone is 1. The maximum absolute atomic E-state index is 12.7. The topological polar surface area (TPSA) is 73.1 Å². The number of methoxy groups -OCH3 is 1. The molecule has 0 aromatic heterocycles. The van der Waals surface area contributed by atoms with Crippen molar-refractivity contribution in [3.8, 4) is 0 Å². The molecule has 6 heteroatoms. The Hall–Kier alpha value is -1.38. The number of esters is 1. The first-order chi connectivity index (χ1) is 11.7. The Morgan fingerprint density at radius 3 is 2.88 bits per heavy atom. The molecule has 0 saturated carbocycles. The van der Waals surface area contributed by atoms with Gasteiger partial charge in [0.2, 0.25) is 0 Å². The molecule has 5 rings (SSSR count). The van der Waals surface area contributed by atoms with E-state index >= 15 is 0 Å². The van der Waals surface area contributed by atoms with E-state index in [4.69, 9.17) is 4.74 Å². The number of benzene rings is 1. The second-order valence-corrected chi connectivity index (χ2v) is 7.31. The Labute approximate surface area is 170 Å². The molecule has 1 spiro atoms. The van der Waals surface area contributed by atoms with E-state index < -0.39 is 0 Å². The Bertz CT molecular complexity index is 819. The fourth-order valence-corrected chi connectivity index (χ4v) is 5.61. The van der Waals surface area contributed by atoms with E-state index in [-0.39, 0.29) is 46.8 Å². The van der Waals surface area contributed by atoms with E-state index in [0.717, 1.165) is 42.9 Å². The van der Waals surface area contributed by atoms with Crippen molar-refractivity contribution in [1.82, 2.24) is 4.90 Å². The lowest BCUT2D eigenvalue weighted by Gasteiger charge is -2.48. The summed E-state index contributed by atoms with van der Waals surface area (Å²) in [4.78, 5) is 15.3. The zero-order chi connectivity index (χ0) is 16.5. The summed E-state index contributed by atoms with van der Waals surface area (Å²) in [5.41, 5.74) is 5.78. The van der Waals surface area contributed by atoms with Gasteiger partial charge in [0.25, 0.3) is 0 Å². The van der Waals surface area contributed by atoms with Crippen molar-refractivity contribution in [2.24, 2.45) is 5.92 Å². The lowest BCUT2D eigenvalue weighted by atomic mass is 9.62. The third-order valence-corrected chi connectivity index (χ3v) is 6.60. The molecule has 3 atom stereocenters. The molecule has 5 nitrogen and oxygen atoms in total. The van der Waals surface area contributed by atoms with Gasteiger partial charge in [-0.25, -0.2) is 4.79 Å². The number of nitrogens with one attached hydrogen (secondary N) is 1. The number of carbonyl (C=O) groups excluding carboxylic acids is 1. The number of hydrogen-bond donors (Lipinski definition) is 1. The number of halogens is 1. The third kappa shape index (κ3) is 2.18. The molecule has 26 heavy (non-hydrogen) atoms. The molecule has 2 bridgehead atoms. The van der Waals surface area contributed by atoms with Crippen LogP contribution in [-0.2, 0) is 14.9 Å². The van der Waals surface area contributed by atoms with Crippen LogP contribution in [0.15, 0.2) is 47.2 Å². The van der Waals surface area contributed by atoms with Gasteiger partial charge in [0.1, 0.15) is 0 Å². The number of hydrogen-bond acceptors (Lipinski definition) is 4. The zero-order valence-electron chi connectivity index (χ0n) is 15.0. The van der Waals surface area contributed by atoms with Gasteiger partial charge in [-0.2, -0.15) is 0 Å². The standard InChI is InChI=1S/C20H22N2O2.HI.H2O/c1-3-12-11-22-9-8-20-14-6-4-5-7-15(14)21-18(20)17(19(23)24-2)13(12)10-16(20)22;;/h3-7,13,16,21H,8-11H2,1-2H3;1H;1H2/b12-3-;;/t13-,16-,20+;;/m0../s1. The van der Waals surface area contributed by atoms with Gasteiger partial charge < -0.3 is 15.5 Å². The Kier molecular flexibility index (Phi) is 4.96. The maximum Gasteiger partial charge on any atom is 0.336 e. The monoisotopic (exact) mass is 468 g/mol. The van der Waals surface area contributed by atoms with Gasteiger partial charge in [0, 0.05) is 36.4 Å². The number of carbonyl (C=O) groups is 1. The van der Waals surface area contributed by atoms with Crippen LogP contribution < -0.4 is 5.32 Å². The summed E-state index contributed by atoms with van der Waals surface area (Å²) < 4.78 is 5.21. The smallest absolute Gasteiger partial charge is 0.336 e. The van der Waals surface area contributed by atoms with E-state index in [0.29, 0.717) is 6.04 Å². The van der Waals surface area contributed by atoms with Crippen LogP contribution in [-0.4, -0.2) is 42.6 Å². The summed E-state index contributed by atoms with van der Waals surface area (Å²) >= 11 is 0. The molecule has 0 radical (unpaired) electrons. The summed E-state index contributed by atoms with van der Waals surface area (Å²) in [7, 11) is 1.50. The van der Waals surface area contributed by atoms with Crippen LogP contribution in [0.5, 0.6) is 0 Å². The Morgan fingerprint density at radius 2 is 2.15 bits per heavy atom. The van der Waals surface area contributed by atoms with Crippen LogP contribution in [0.1, 0.15) is 25.3 Å². The number of ether oxygens (including phenoxy) is 1. The fraction of sp³-hybridized carbons (Fsp3) is 0.450. The number of anilines is 1. The summed E-state index contributed by atoms with van der Waals surface area (Å²) in [6.07, 6.45) is 4.28. The summed E-state index contributed by atoms with van der Waals surface area (Å²) in [5, 5.41) is 3.62. The van der Waals surface area contributed by atoms with Crippen molar-refractivity contribution in [3.05, 3.63) is 52.7 Å². The number of fused-ring (bicyclic) bond motifs is 2. The van der Waals surface area contributed by atoms with Crippen molar-refractivity contribution in [3.63, 3.8) is 0 Å². The minimum Gasteiger partial charge on any atom is -0.466 e. The first-order valence-electron chi connectivity index (χ1n) is 8.79. The first-order valence-corrected chi connectivity index (χ1v) is 8.79. The molecule has 3 heterocycles. The van der Waals surface area contributed by atoms with Gasteiger partial charge in [0.15, 0.2) is 0 Å². The predicted octanol–water partition coefficient (Wildman–Crippen LogP) is 2.62. The average Bonchev–Trinajstić information content (AvgIpc) is 3.17. The van der Waals surface area contributed by atoms with Crippen LogP contribution in [0.4, 0.5) is 5.69 Å². The van der Waals surface area contributed by atoms with E-state index in [1.54, 1.807) is 0 Å². The van der Waals surface area contributed by atoms with Gasteiger partial charge >= 0.3 is 5.97 Å². The molecule has 1 aromatic carbocycles. The minimum atomic E-state index is -0.173. The van der Waals surface area contributed by atoms with Crippen molar-refractivity contribution in [2.75, 3.05) is 25.5 Å². The number of para-hydroxylation sites is 1. The second-order valence-electron chi connectivity index (χ2n) is 7.31. The van der Waals surface area contributed by atoms with Gasteiger partial charge in [0.05, 0.1) is 18.1 Å². The van der Waals surface area contributed by atoms with Crippen LogP contribution in [0, 0.1) is 5.92 Å². The number of nitrogens with zero attached hydrogens (tertiary/aromatic N) is 1. The average molecular weight is 468 g/mol. The predicted molar refractivity (Wildman–Crippen MR) is 112 cm³/mol. The highest BCUT2D eigenvalue weighted by Gasteiger charge is 2.62. The molecule has 3 N–H and O–H groups in total. The van der Waals surface area contributed by atoms with E-state index in [1.165, 1.54) is 18.2 Å². The van der Waals surface area contributed by atoms with Crippen molar-refractivity contribution >= 4 is 35.6 Å². The highest BCUT2D eigenvalue weighted by molar-refractivity contribution is 14.0. The van der Waals surface area contributed by atoms with Gasteiger partial charge in [-0.3, -0.25) is 4.90 Å². The van der Waals surface area contributed by atoms with Crippen LogP contribution in [0.25, 0.3) is 0 Å². The highest BCUT2D eigenvalue weighted by atomic mass is 127. The molecule has 0 unspecified atom stereocenters. The van der Waals surface area contributed by atoms with Crippen LogP contribution >= 0.6 is 24.0 Å². The molecule has 1 aliphatic carbocycles. The third-order valence-electron chi connectivity index (χ3n) is 6.60. The normalized spacial score (nSPS) is 32.2. The zero-order valence-corrected chi connectivity index (χ0v) is 17.4. The Morgan fingerprint density at radius 1 is 1.38 bits per heavy atom. The highest BCUT2D eigenvalue weighted by Crippen LogP contribution is 2.61. The Balaban J connectivity index is 0.000000980. The van der Waals surface area contributed by atoms with Gasteiger partial charge in [-0.05, 0) is 31.4 Å². The molecular weight excluding hydrogens is 443 g/mol. The molecule has 3 aliphatic heterocycles. The van der Waals surface area contributed by atoms with Crippen LogP contribution in [0.2, 0.25) is 0 Å². The van der Waals surface area contributed by atoms with Gasteiger partial charge in [-0.15, -0.1) is 24.0 Å². The number of rotatable bonds is 1. The van der Waals surface area contributed by atoms with E-state index in [2.05, 4.69) is 47.5 Å². The molecule has 4 aliphatic rings. The van der Waals surface area contributed by atoms with Crippen molar-refractivity contribution in [1.29, 1.82) is 0 Å². The lowest BCUT2D eigenvalue weighted by Crippen LogP contribution is -2.53. The SMILES string of the molecule is C/C=C1/CN2CC[C@]34C(=C(C(=O)OC)[C@H]1C[C@H]23)Nc1ccccc14.I.O. The van der Waals surface area contributed by atoms with Crippen LogP contribution in [0.3, 0.4) is 0 Å². The first kappa shape index (κ1) is 19.4. The molecular formula is C20H25IN2O3. The summed E-state index contributed by atoms with van der Waals surface area (Å²) in [6, 6.07) is 9.03. The number of piperidine rings is 1. The molecule has 0 amide bonds. The fourth-order valence-electron chi connectivity index (χ4n) is 5.61. The quantitative estimate of drug-likeness (QED) is 0.391. The lowest BCUT2D eigenvalue weighted by molar-refractivity contribution is -0.137. The van der Waals surface area contributed by atoms with E-state index in [9.17, 15) is 4.79 Å². The largest absolute Gasteiger partial charge is 0.466 e. The van der Waals surface area contributed by atoms with Crippen molar-refractivity contribution < 1.29 is 15.0 Å². The van der Waals surface area contributed by atoms with Crippen molar-refractivity contribution in [2.45, 2.75) is 31.2 Å². The molecule has 140 valence electrons. The molecule has 2 saturated heterocycles. The summed E-state index contributed by atoms with van der Waals surface area (Å²) in [5.74, 6) is 0.0135. The molecule has 1 aromatic rings. The molecule has 2 fully saturated rings. The second kappa shape index (κ2) is 6.65.